The first kappa shape index (κ1) is 19.8. The van der Waals surface area contributed by atoms with Crippen LogP contribution in [-0.2, 0) is 9.59 Å². The number of carbonyl (C=O) groups is 2. The summed E-state index contributed by atoms with van der Waals surface area (Å²) in [7, 11) is 0. The third-order valence-corrected chi connectivity index (χ3v) is 5.46. The second-order valence-electron chi connectivity index (χ2n) is 6.64. The molecule has 2 aromatic heterocycles. The van der Waals surface area contributed by atoms with Crippen molar-refractivity contribution < 1.29 is 19.4 Å². The average Bonchev–Trinajstić information content (AvgIpc) is 3.40. The van der Waals surface area contributed by atoms with Crippen LogP contribution in [0.15, 0.2) is 65.9 Å². The highest BCUT2D eigenvalue weighted by atomic mass is 32.1. The topological polar surface area (TPSA) is 92.6 Å². The molecule has 0 saturated carbocycles. The number of rotatable bonds is 6. The molecule has 1 saturated heterocycles. The molecule has 1 aliphatic heterocycles. The molecule has 7 nitrogen and oxygen atoms in total. The number of benzene rings is 1. The molecule has 30 heavy (non-hydrogen) atoms. The van der Waals surface area contributed by atoms with Gasteiger partial charge in [-0.2, -0.15) is 0 Å². The zero-order chi connectivity index (χ0) is 21.1. The Labute approximate surface area is 177 Å². The fraction of sp³-hybridized carbons (Fsp3) is 0.182. The molecule has 3 heterocycles. The number of ketones is 1. The van der Waals surface area contributed by atoms with Crippen LogP contribution in [0.5, 0.6) is 5.75 Å². The fourth-order valence-electron chi connectivity index (χ4n) is 3.31. The van der Waals surface area contributed by atoms with Gasteiger partial charge >= 0.3 is 5.91 Å². The monoisotopic (exact) mass is 421 g/mol. The van der Waals surface area contributed by atoms with E-state index in [1.165, 1.54) is 28.6 Å². The minimum atomic E-state index is -0.801. The summed E-state index contributed by atoms with van der Waals surface area (Å²) in [5.41, 5.74) is 1.10. The lowest BCUT2D eigenvalue weighted by molar-refractivity contribution is -0.132. The number of aliphatic hydroxyl groups excluding tert-OH is 1. The van der Waals surface area contributed by atoms with Gasteiger partial charge in [0, 0.05) is 29.5 Å². The molecule has 4 rings (SSSR count). The number of aromatic nitrogens is 2. The zero-order valence-electron chi connectivity index (χ0n) is 16.2. The maximum Gasteiger partial charge on any atom is 0.301 e. The van der Waals surface area contributed by atoms with Gasteiger partial charge in [-0.25, -0.2) is 4.98 Å². The van der Waals surface area contributed by atoms with Gasteiger partial charge < -0.3 is 9.84 Å². The molecule has 0 bridgehead atoms. The molecule has 1 atom stereocenters. The Hall–Kier alpha value is -3.52. The zero-order valence-corrected chi connectivity index (χ0v) is 17.0. The van der Waals surface area contributed by atoms with Gasteiger partial charge in [-0.15, -0.1) is 11.3 Å². The molecule has 0 radical (unpaired) electrons. The standard InChI is InChI=1S/C22H19N3O4S/c1-2-12-29-16-5-3-14(4-6-16)18-17(19(26)15-7-9-23-10-8-15)20(27)21(28)25(18)22-24-11-13-30-22/h3-11,13,18,26H,2,12H2,1H3/b19-17+. The smallest absolute Gasteiger partial charge is 0.301 e. The van der Waals surface area contributed by atoms with Gasteiger partial charge in [0.1, 0.15) is 11.5 Å². The van der Waals surface area contributed by atoms with Gasteiger partial charge in [0.2, 0.25) is 0 Å². The number of hydrogen-bond acceptors (Lipinski definition) is 7. The highest BCUT2D eigenvalue weighted by molar-refractivity contribution is 7.14. The van der Waals surface area contributed by atoms with E-state index in [0.29, 0.717) is 28.6 Å². The van der Waals surface area contributed by atoms with Crippen molar-refractivity contribution in [2.75, 3.05) is 11.5 Å². The van der Waals surface area contributed by atoms with Crippen LogP contribution >= 0.6 is 11.3 Å². The summed E-state index contributed by atoms with van der Waals surface area (Å²) >= 11 is 1.25. The van der Waals surface area contributed by atoms with E-state index in [9.17, 15) is 14.7 Å². The number of amides is 1. The molecule has 1 aliphatic rings. The lowest BCUT2D eigenvalue weighted by Crippen LogP contribution is -2.29. The minimum absolute atomic E-state index is 0.0172. The van der Waals surface area contributed by atoms with Crippen molar-refractivity contribution in [3.8, 4) is 5.75 Å². The van der Waals surface area contributed by atoms with Crippen LogP contribution in [0.3, 0.4) is 0 Å². The number of pyridine rings is 1. The molecule has 0 aliphatic carbocycles. The highest BCUT2D eigenvalue weighted by Crippen LogP contribution is 2.42. The summed E-state index contributed by atoms with van der Waals surface area (Å²) in [6, 6.07) is 9.54. The Morgan fingerprint density at radius 2 is 1.87 bits per heavy atom. The average molecular weight is 421 g/mol. The third kappa shape index (κ3) is 3.57. The van der Waals surface area contributed by atoms with Crippen molar-refractivity contribution in [3.63, 3.8) is 0 Å². The molecule has 1 unspecified atom stereocenters. The predicted molar refractivity (Wildman–Crippen MR) is 113 cm³/mol. The second kappa shape index (κ2) is 8.46. The molecule has 1 aromatic carbocycles. The molecular formula is C22H19N3O4S. The summed E-state index contributed by atoms with van der Waals surface area (Å²) < 4.78 is 5.63. The van der Waals surface area contributed by atoms with Gasteiger partial charge in [-0.3, -0.25) is 19.5 Å². The molecule has 1 amide bonds. The summed E-state index contributed by atoms with van der Waals surface area (Å²) in [6.07, 6.45) is 5.49. The van der Waals surface area contributed by atoms with E-state index < -0.39 is 17.7 Å². The lowest BCUT2D eigenvalue weighted by Gasteiger charge is -2.23. The van der Waals surface area contributed by atoms with Gasteiger partial charge in [-0.05, 0) is 36.2 Å². The number of aliphatic hydroxyl groups is 1. The van der Waals surface area contributed by atoms with E-state index in [2.05, 4.69) is 9.97 Å². The van der Waals surface area contributed by atoms with Crippen LogP contribution in [0.1, 0.15) is 30.5 Å². The Kier molecular flexibility index (Phi) is 5.58. The maximum atomic E-state index is 12.9. The number of carbonyl (C=O) groups excluding carboxylic acids is 2. The number of nitrogens with zero attached hydrogens (tertiary/aromatic N) is 3. The summed E-state index contributed by atoms with van der Waals surface area (Å²) in [4.78, 5) is 35.3. The van der Waals surface area contributed by atoms with Crippen molar-refractivity contribution in [2.45, 2.75) is 19.4 Å². The molecule has 1 fully saturated rings. The van der Waals surface area contributed by atoms with Crippen molar-refractivity contribution in [1.29, 1.82) is 0 Å². The van der Waals surface area contributed by atoms with Crippen molar-refractivity contribution >= 4 is 33.9 Å². The van der Waals surface area contributed by atoms with Crippen molar-refractivity contribution in [1.82, 2.24) is 9.97 Å². The van der Waals surface area contributed by atoms with Crippen LogP contribution in [0.25, 0.3) is 5.76 Å². The Balaban J connectivity index is 1.84. The van der Waals surface area contributed by atoms with E-state index in [4.69, 9.17) is 4.74 Å². The lowest BCUT2D eigenvalue weighted by atomic mass is 9.95. The number of thiazole rings is 1. The summed E-state index contributed by atoms with van der Waals surface area (Å²) in [6.45, 7) is 2.62. The van der Waals surface area contributed by atoms with E-state index in [1.807, 2.05) is 6.92 Å². The molecule has 1 N–H and O–H groups in total. The molecular weight excluding hydrogens is 402 g/mol. The number of hydrogen-bond donors (Lipinski definition) is 1. The third-order valence-electron chi connectivity index (χ3n) is 4.69. The SMILES string of the molecule is CCCOc1ccc(C2/C(=C(\O)c3ccncc3)C(=O)C(=O)N2c2nccs2)cc1. The molecule has 152 valence electrons. The highest BCUT2D eigenvalue weighted by Gasteiger charge is 2.47. The number of Topliss-reactive ketones (excluding diaryl/α,β-unsaturated/α-hetero) is 1. The van der Waals surface area contributed by atoms with Crippen LogP contribution in [0.4, 0.5) is 5.13 Å². The Morgan fingerprint density at radius 1 is 1.13 bits per heavy atom. The van der Waals surface area contributed by atoms with Crippen molar-refractivity contribution in [3.05, 3.63) is 77.1 Å². The number of ether oxygens (including phenoxy) is 1. The van der Waals surface area contributed by atoms with Crippen molar-refractivity contribution in [2.24, 2.45) is 0 Å². The van der Waals surface area contributed by atoms with E-state index in [-0.39, 0.29) is 11.3 Å². The Bertz CT molecular complexity index is 1080. The van der Waals surface area contributed by atoms with Crippen LogP contribution in [-0.4, -0.2) is 33.4 Å². The molecule has 3 aromatic rings. The maximum absolute atomic E-state index is 12.9. The van der Waals surface area contributed by atoms with Gasteiger partial charge in [0.25, 0.3) is 5.78 Å². The van der Waals surface area contributed by atoms with E-state index in [0.717, 1.165) is 6.42 Å². The number of anilines is 1. The molecule has 0 spiro atoms. The largest absolute Gasteiger partial charge is 0.507 e. The normalized spacial score (nSPS) is 18.0. The first-order valence-corrected chi connectivity index (χ1v) is 10.3. The fourth-order valence-corrected chi connectivity index (χ4v) is 3.98. The minimum Gasteiger partial charge on any atom is -0.507 e. The first-order valence-electron chi connectivity index (χ1n) is 9.45. The summed E-state index contributed by atoms with van der Waals surface area (Å²) in [5, 5.41) is 13.1. The molecule has 8 heteroatoms. The van der Waals surface area contributed by atoms with Gasteiger partial charge in [0.15, 0.2) is 5.13 Å². The quantitative estimate of drug-likeness (QED) is 0.368. The van der Waals surface area contributed by atoms with Crippen LogP contribution in [0, 0.1) is 0 Å². The second-order valence-corrected chi connectivity index (χ2v) is 7.51. The van der Waals surface area contributed by atoms with E-state index >= 15 is 0 Å². The Morgan fingerprint density at radius 3 is 2.50 bits per heavy atom. The summed E-state index contributed by atoms with van der Waals surface area (Å²) in [5.74, 6) is -1.03. The van der Waals surface area contributed by atoms with Crippen LogP contribution in [0.2, 0.25) is 0 Å². The predicted octanol–water partition coefficient (Wildman–Crippen LogP) is 3.95. The first-order chi connectivity index (χ1) is 14.6. The van der Waals surface area contributed by atoms with Gasteiger partial charge in [-0.1, -0.05) is 19.1 Å². The van der Waals surface area contributed by atoms with E-state index in [1.54, 1.807) is 48.0 Å². The van der Waals surface area contributed by atoms with Crippen LogP contribution < -0.4 is 9.64 Å². The van der Waals surface area contributed by atoms with Gasteiger partial charge in [0.05, 0.1) is 18.2 Å².